The Morgan fingerprint density at radius 2 is 2.05 bits per heavy atom. The molecule has 0 amide bonds. The van der Waals surface area contributed by atoms with Crippen molar-refractivity contribution in [2.24, 2.45) is 5.73 Å². The lowest BCUT2D eigenvalue weighted by Gasteiger charge is -2.23. The van der Waals surface area contributed by atoms with Crippen molar-refractivity contribution >= 4 is 10.8 Å². The Balaban J connectivity index is 2.07. The highest BCUT2D eigenvalue weighted by Gasteiger charge is 2.16. The molecule has 2 atom stereocenters. The van der Waals surface area contributed by atoms with Crippen molar-refractivity contribution in [3.63, 3.8) is 0 Å². The lowest BCUT2D eigenvalue weighted by atomic mass is 10.0. The van der Waals surface area contributed by atoms with Gasteiger partial charge in [-0.05, 0) is 37.6 Å². The molecule has 2 N–H and O–H groups in total. The van der Waals surface area contributed by atoms with Crippen molar-refractivity contribution < 1.29 is 4.74 Å². The molecule has 2 aromatic carbocycles. The molecule has 2 heteroatoms. The number of rotatable bonds is 3. The van der Waals surface area contributed by atoms with Gasteiger partial charge in [-0.1, -0.05) is 42.5 Å². The van der Waals surface area contributed by atoms with Gasteiger partial charge < -0.3 is 10.5 Å². The topological polar surface area (TPSA) is 35.2 Å². The monoisotopic (exact) mass is 267 g/mol. The van der Waals surface area contributed by atoms with E-state index in [0.717, 1.165) is 29.5 Å². The summed E-state index contributed by atoms with van der Waals surface area (Å²) in [6.45, 7) is 2.01. The van der Waals surface area contributed by atoms with Gasteiger partial charge in [0.15, 0.2) is 0 Å². The number of allylic oxidation sites excluding steroid dienone is 1. The molecule has 0 fully saturated rings. The maximum atomic E-state index is 6.29. The number of ether oxygens (including phenoxy) is 1. The SMILES string of the molecule is C[C@@H](N)c1ccc2ccccc2c1OC1C=CCCC1. The highest BCUT2D eigenvalue weighted by Crippen LogP contribution is 2.34. The Morgan fingerprint density at radius 1 is 1.20 bits per heavy atom. The molecule has 20 heavy (non-hydrogen) atoms. The summed E-state index contributed by atoms with van der Waals surface area (Å²) in [5.41, 5.74) is 7.20. The number of fused-ring (bicyclic) bond motifs is 1. The highest BCUT2D eigenvalue weighted by atomic mass is 16.5. The van der Waals surface area contributed by atoms with Crippen LogP contribution in [0.25, 0.3) is 10.8 Å². The van der Waals surface area contributed by atoms with Crippen molar-refractivity contribution in [3.05, 3.63) is 54.1 Å². The molecule has 0 aliphatic heterocycles. The Bertz CT molecular complexity index is 630. The summed E-state index contributed by atoms with van der Waals surface area (Å²) in [5.74, 6) is 0.953. The molecule has 2 aromatic rings. The largest absolute Gasteiger partial charge is 0.485 e. The minimum Gasteiger partial charge on any atom is -0.485 e. The quantitative estimate of drug-likeness (QED) is 0.839. The predicted octanol–water partition coefficient (Wildman–Crippen LogP) is 4.35. The zero-order chi connectivity index (χ0) is 13.9. The van der Waals surface area contributed by atoms with Gasteiger partial charge in [0.1, 0.15) is 11.9 Å². The molecule has 2 nitrogen and oxygen atoms in total. The third-order valence-corrected chi connectivity index (χ3v) is 3.88. The van der Waals surface area contributed by atoms with Gasteiger partial charge in [0, 0.05) is 17.0 Å². The van der Waals surface area contributed by atoms with Gasteiger partial charge in [-0.3, -0.25) is 0 Å². The van der Waals surface area contributed by atoms with Gasteiger partial charge in [0.25, 0.3) is 0 Å². The van der Waals surface area contributed by atoms with E-state index in [2.05, 4.69) is 48.6 Å². The van der Waals surface area contributed by atoms with E-state index >= 15 is 0 Å². The average molecular weight is 267 g/mol. The molecule has 1 aliphatic rings. The molecule has 3 rings (SSSR count). The fourth-order valence-corrected chi connectivity index (χ4v) is 2.78. The van der Waals surface area contributed by atoms with Crippen LogP contribution in [-0.4, -0.2) is 6.10 Å². The van der Waals surface area contributed by atoms with Crippen molar-refractivity contribution in [1.29, 1.82) is 0 Å². The number of nitrogens with two attached hydrogens (primary N) is 1. The Hall–Kier alpha value is -1.80. The van der Waals surface area contributed by atoms with E-state index in [0.29, 0.717) is 0 Å². The standard InChI is InChI=1S/C18H21NO/c1-13(19)16-12-11-14-7-5-6-10-17(14)18(16)20-15-8-3-2-4-9-15/h3,5-8,10-13,15H,2,4,9,19H2,1H3/t13-,15?/m1/s1. The van der Waals surface area contributed by atoms with Crippen molar-refractivity contribution in [2.45, 2.75) is 38.3 Å². The van der Waals surface area contributed by atoms with E-state index in [4.69, 9.17) is 10.5 Å². The molecular formula is C18H21NO. The van der Waals surface area contributed by atoms with Gasteiger partial charge in [0.05, 0.1) is 0 Å². The summed E-state index contributed by atoms with van der Waals surface area (Å²) in [5, 5.41) is 2.35. The normalized spacial score (nSPS) is 20.0. The molecule has 0 spiro atoms. The number of hydrogen-bond donors (Lipinski definition) is 1. The smallest absolute Gasteiger partial charge is 0.132 e. The zero-order valence-electron chi connectivity index (χ0n) is 11.9. The van der Waals surface area contributed by atoms with Crippen LogP contribution in [0.2, 0.25) is 0 Å². The van der Waals surface area contributed by atoms with Crippen molar-refractivity contribution in [3.8, 4) is 5.75 Å². The lowest BCUT2D eigenvalue weighted by molar-refractivity contribution is 0.230. The van der Waals surface area contributed by atoms with Crippen LogP contribution < -0.4 is 10.5 Å². The van der Waals surface area contributed by atoms with Crippen LogP contribution in [0, 0.1) is 0 Å². The third-order valence-electron chi connectivity index (χ3n) is 3.88. The summed E-state index contributed by atoms with van der Waals surface area (Å²) in [4.78, 5) is 0. The van der Waals surface area contributed by atoms with Crippen LogP contribution in [0.4, 0.5) is 0 Å². The first kappa shape index (κ1) is 13.2. The fraction of sp³-hybridized carbons (Fsp3) is 0.333. The van der Waals surface area contributed by atoms with Crippen LogP contribution >= 0.6 is 0 Å². The summed E-state index contributed by atoms with van der Waals surface area (Å²) in [7, 11) is 0. The maximum absolute atomic E-state index is 6.29. The summed E-state index contributed by atoms with van der Waals surface area (Å²) in [6.07, 6.45) is 8.00. The Labute approximate surface area is 120 Å². The van der Waals surface area contributed by atoms with Crippen molar-refractivity contribution in [1.82, 2.24) is 0 Å². The summed E-state index contributed by atoms with van der Waals surface area (Å²) < 4.78 is 6.29. The van der Waals surface area contributed by atoms with Crippen LogP contribution in [0.5, 0.6) is 5.75 Å². The average Bonchev–Trinajstić information content (AvgIpc) is 2.48. The summed E-state index contributed by atoms with van der Waals surface area (Å²) in [6, 6.07) is 12.5. The van der Waals surface area contributed by atoms with Crippen molar-refractivity contribution in [2.75, 3.05) is 0 Å². The van der Waals surface area contributed by atoms with E-state index < -0.39 is 0 Å². The van der Waals surface area contributed by atoms with E-state index in [1.54, 1.807) is 0 Å². The van der Waals surface area contributed by atoms with E-state index in [1.807, 2.05) is 6.92 Å². The molecule has 1 aliphatic carbocycles. The molecule has 0 saturated heterocycles. The Morgan fingerprint density at radius 3 is 2.80 bits per heavy atom. The van der Waals surface area contributed by atoms with Gasteiger partial charge >= 0.3 is 0 Å². The van der Waals surface area contributed by atoms with Crippen LogP contribution in [0.1, 0.15) is 37.8 Å². The third kappa shape index (κ3) is 2.56. The van der Waals surface area contributed by atoms with Crippen LogP contribution in [0.15, 0.2) is 48.6 Å². The molecule has 0 radical (unpaired) electrons. The van der Waals surface area contributed by atoms with Gasteiger partial charge in [-0.15, -0.1) is 0 Å². The maximum Gasteiger partial charge on any atom is 0.132 e. The minimum absolute atomic E-state index is 0.0258. The first-order valence-electron chi connectivity index (χ1n) is 7.36. The first-order valence-corrected chi connectivity index (χ1v) is 7.36. The van der Waals surface area contributed by atoms with E-state index in [-0.39, 0.29) is 12.1 Å². The lowest BCUT2D eigenvalue weighted by Crippen LogP contribution is -2.18. The number of hydrogen-bond acceptors (Lipinski definition) is 2. The number of benzene rings is 2. The summed E-state index contributed by atoms with van der Waals surface area (Å²) >= 11 is 0. The van der Waals surface area contributed by atoms with E-state index in [1.165, 1.54) is 11.8 Å². The highest BCUT2D eigenvalue weighted by molar-refractivity contribution is 5.89. The molecular weight excluding hydrogens is 246 g/mol. The predicted molar refractivity (Wildman–Crippen MR) is 84.0 cm³/mol. The molecule has 0 aromatic heterocycles. The Kier molecular flexibility index (Phi) is 3.75. The van der Waals surface area contributed by atoms with Crippen LogP contribution in [-0.2, 0) is 0 Å². The second-order valence-corrected chi connectivity index (χ2v) is 5.51. The van der Waals surface area contributed by atoms with Gasteiger partial charge in [-0.25, -0.2) is 0 Å². The molecule has 0 saturated carbocycles. The van der Waals surface area contributed by atoms with Gasteiger partial charge in [-0.2, -0.15) is 0 Å². The fourth-order valence-electron chi connectivity index (χ4n) is 2.78. The van der Waals surface area contributed by atoms with E-state index in [9.17, 15) is 0 Å². The molecule has 104 valence electrons. The van der Waals surface area contributed by atoms with Gasteiger partial charge in [0.2, 0.25) is 0 Å². The zero-order valence-corrected chi connectivity index (χ0v) is 11.9. The molecule has 0 heterocycles. The second kappa shape index (κ2) is 5.68. The second-order valence-electron chi connectivity index (χ2n) is 5.51. The minimum atomic E-state index is -0.0258. The first-order chi connectivity index (χ1) is 9.75. The molecule has 1 unspecified atom stereocenters. The molecule has 0 bridgehead atoms. The van der Waals surface area contributed by atoms with Crippen LogP contribution in [0.3, 0.4) is 0 Å².